The van der Waals surface area contributed by atoms with Gasteiger partial charge in [-0.1, -0.05) is 0 Å². The summed E-state index contributed by atoms with van der Waals surface area (Å²) in [6, 6.07) is 3.72. The number of hydrogen-bond donors (Lipinski definition) is 1. The average Bonchev–Trinajstić information content (AvgIpc) is 2.59. The molecule has 0 unspecified atom stereocenters. The first-order valence-electron chi connectivity index (χ1n) is 5.10. The van der Waals surface area contributed by atoms with Crippen LogP contribution in [-0.4, -0.2) is 42.8 Å². The fourth-order valence-electron chi connectivity index (χ4n) is 1.42. The molecule has 0 aliphatic heterocycles. The lowest BCUT2D eigenvalue weighted by Crippen LogP contribution is -2.32. The Morgan fingerprint density at radius 2 is 2.31 bits per heavy atom. The van der Waals surface area contributed by atoms with Gasteiger partial charge in [-0.3, -0.25) is 9.69 Å². The van der Waals surface area contributed by atoms with Crippen molar-refractivity contribution in [1.82, 2.24) is 4.90 Å². The van der Waals surface area contributed by atoms with Gasteiger partial charge in [-0.05, 0) is 19.1 Å². The Morgan fingerprint density at radius 3 is 2.81 bits per heavy atom. The van der Waals surface area contributed by atoms with E-state index in [2.05, 4.69) is 0 Å². The monoisotopic (exact) mass is 227 g/mol. The maximum absolute atomic E-state index is 10.7. The quantitative estimate of drug-likeness (QED) is 0.756. The van der Waals surface area contributed by atoms with Crippen molar-refractivity contribution in [2.75, 3.05) is 26.8 Å². The lowest BCUT2D eigenvalue weighted by Gasteiger charge is -2.18. The molecule has 1 rings (SSSR count). The number of methoxy groups -OCH3 is 1. The third-order valence-electron chi connectivity index (χ3n) is 2.15. The zero-order valence-corrected chi connectivity index (χ0v) is 9.60. The number of furan rings is 1. The largest absolute Gasteiger partial charge is 0.480 e. The molecule has 0 saturated carbocycles. The Labute approximate surface area is 94.6 Å². The Hall–Kier alpha value is -1.33. The van der Waals surface area contributed by atoms with Gasteiger partial charge >= 0.3 is 5.97 Å². The van der Waals surface area contributed by atoms with Gasteiger partial charge in [-0.2, -0.15) is 0 Å². The summed E-state index contributed by atoms with van der Waals surface area (Å²) >= 11 is 0. The number of aryl methyl sites for hydroxylation is 1. The molecule has 0 atom stereocenters. The van der Waals surface area contributed by atoms with Gasteiger partial charge in [0.05, 0.1) is 19.7 Å². The zero-order valence-electron chi connectivity index (χ0n) is 9.60. The first-order valence-corrected chi connectivity index (χ1v) is 5.10. The number of ether oxygens (including phenoxy) is 1. The van der Waals surface area contributed by atoms with Gasteiger partial charge in [0.2, 0.25) is 0 Å². The van der Waals surface area contributed by atoms with Gasteiger partial charge in [0.15, 0.2) is 0 Å². The van der Waals surface area contributed by atoms with Crippen LogP contribution in [0.4, 0.5) is 0 Å². The van der Waals surface area contributed by atoms with E-state index in [0.29, 0.717) is 19.7 Å². The second kappa shape index (κ2) is 6.30. The summed E-state index contributed by atoms with van der Waals surface area (Å²) in [7, 11) is 1.59. The summed E-state index contributed by atoms with van der Waals surface area (Å²) in [5.41, 5.74) is 0. The van der Waals surface area contributed by atoms with Crippen LogP contribution in [0.5, 0.6) is 0 Å². The van der Waals surface area contributed by atoms with Gasteiger partial charge in [-0.15, -0.1) is 0 Å². The minimum absolute atomic E-state index is 0.0108. The van der Waals surface area contributed by atoms with E-state index in [-0.39, 0.29) is 6.54 Å². The van der Waals surface area contributed by atoms with Crippen LogP contribution in [0.1, 0.15) is 11.5 Å². The highest BCUT2D eigenvalue weighted by Crippen LogP contribution is 2.09. The van der Waals surface area contributed by atoms with Gasteiger partial charge in [-0.25, -0.2) is 0 Å². The lowest BCUT2D eigenvalue weighted by atomic mass is 10.3. The van der Waals surface area contributed by atoms with E-state index in [1.807, 2.05) is 19.1 Å². The van der Waals surface area contributed by atoms with Crippen LogP contribution in [0.3, 0.4) is 0 Å². The molecule has 0 amide bonds. The number of nitrogens with zero attached hydrogens (tertiary/aromatic N) is 1. The topological polar surface area (TPSA) is 62.9 Å². The van der Waals surface area contributed by atoms with Crippen molar-refractivity contribution in [3.05, 3.63) is 23.7 Å². The third-order valence-corrected chi connectivity index (χ3v) is 2.15. The van der Waals surface area contributed by atoms with Crippen LogP contribution in [-0.2, 0) is 16.1 Å². The van der Waals surface area contributed by atoms with Gasteiger partial charge in [0.25, 0.3) is 0 Å². The molecule has 16 heavy (non-hydrogen) atoms. The van der Waals surface area contributed by atoms with Crippen LogP contribution in [0, 0.1) is 6.92 Å². The number of hydrogen-bond acceptors (Lipinski definition) is 4. The predicted molar refractivity (Wildman–Crippen MR) is 58.2 cm³/mol. The van der Waals surface area contributed by atoms with Gasteiger partial charge in [0, 0.05) is 13.7 Å². The van der Waals surface area contributed by atoms with E-state index in [1.54, 1.807) is 12.0 Å². The fourth-order valence-corrected chi connectivity index (χ4v) is 1.42. The van der Waals surface area contributed by atoms with Crippen molar-refractivity contribution >= 4 is 5.97 Å². The molecule has 0 bridgehead atoms. The maximum atomic E-state index is 10.7. The van der Waals surface area contributed by atoms with Crippen molar-refractivity contribution in [3.63, 3.8) is 0 Å². The zero-order chi connectivity index (χ0) is 12.0. The molecular formula is C11H17NO4. The molecule has 5 nitrogen and oxygen atoms in total. The van der Waals surface area contributed by atoms with E-state index in [9.17, 15) is 4.79 Å². The van der Waals surface area contributed by atoms with Crippen LogP contribution in [0.15, 0.2) is 16.5 Å². The Kier molecular flexibility index (Phi) is 5.01. The Balaban J connectivity index is 2.51. The van der Waals surface area contributed by atoms with Crippen LogP contribution in [0.2, 0.25) is 0 Å². The minimum atomic E-state index is -0.848. The third kappa shape index (κ3) is 4.46. The van der Waals surface area contributed by atoms with E-state index in [4.69, 9.17) is 14.3 Å². The van der Waals surface area contributed by atoms with E-state index in [1.165, 1.54) is 0 Å². The Bertz CT molecular complexity index is 334. The lowest BCUT2D eigenvalue weighted by molar-refractivity contribution is -0.138. The van der Waals surface area contributed by atoms with Crippen molar-refractivity contribution in [2.24, 2.45) is 0 Å². The molecule has 0 fully saturated rings. The molecule has 0 saturated heterocycles. The minimum Gasteiger partial charge on any atom is -0.480 e. The molecule has 1 N–H and O–H groups in total. The fraction of sp³-hybridized carbons (Fsp3) is 0.545. The van der Waals surface area contributed by atoms with Crippen LogP contribution in [0.25, 0.3) is 0 Å². The van der Waals surface area contributed by atoms with Crippen molar-refractivity contribution in [3.8, 4) is 0 Å². The Morgan fingerprint density at radius 1 is 1.56 bits per heavy atom. The molecule has 0 spiro atoms. The SMILES string of the molecule is COCCN(CC(=O)O)Cc1ccc(C)o1. The normalized spacial score (nSPS) is 10.9. The first-order chi connectivity index (χ1) is 7.61. The van der Waals surface area contributed by atoms with E-state index >= 15 is 0 Å². The highest BCUT2D eigenvalue weighted by molar-refractivity contribution is 5.69. The smallest absolute Gasteiger partial charge is 0.317 e. The molecular weight excluding hydrogens is 210 g/mol. The van der Waals surface area contributed by atoms with Gasteiger partial charge < -0.3 is 14.3 Å². The molecule has 0 aliphatic rings. The van der Waals surface area contributed by atoms with Crippen molar-refractivity contribution < 1.29 is 19.1 Å². The molecule has 90 valence electrons. The van der Waals surface area contributed by atoms with Gasteiger partial charge in [0.1, 0.15) is 11.5 Å². The number of carboxylic acids is 1. The second-order valence-corrected chi connectivity index (χ2v) is 3.61. The number of rotatable bonds is 7. The molecule has 1 aromatic heterocycles. The van der Waals surface area contributed by atoms with Crippen LogP contribution >= 0.6 is 0 Å². The highest BCUT2D eigenvalue weighted by Gasteiger charge is 2.11. The summed E-state index contributed by atoms with van der Waals surface area (Å²) in [5.74, 6) is 0.756. The molecule has 0 aliphatic carbocycles. The molecule has 1 aromatic rings. The standard InChI is InChI=1S/C11H17NO4/c1-9-3-4-10(16-9)7-12(5-6-15-2)8-11(13)14/h3-4H,5-8H2,1-2H3,(H,13,14). The predicted octanol–water partition coefficient (Wildman–Crippen LogP) is 1.12. The molecule has 0 aromatic carbocycles. The highest BCUT2D eigenvalue weighted by atomic mass is 16.5. The van der Waals surface area contributed by atoms with E-state index < -0.39 is 5.97 Å². The van der Waals surface area contributed by atoms with Crippen molar-refractivity contribution in [1.29, 1.82) is 0 Å². The molecule has 5 heteroatoms. The summed E-state index contributed by atoms with van der Waals surface area (Å²) in [4.78, 5) is 12.4. The molecule has 0 radical (unpaired) electrons. The summed E-state index contributed by atoms with van der Waals surface area (Å²) < 4.78 is 10.3. The number of carbonyl (C=O) groups is 1. The maximum Gasteiger partial charge on any atom is 0.317 e. The summed E-state index contributed by atoms with van der Waals surface area (Å²) in [6.45, 7) is 3.42. The molecule has 1 heterocycles. The van der Waals surface area contributed by atoms with Crippen molar-refractivity contribution in [2.45, 2.75) is 13.5 Å². The average molecular weight is 227 g/mol. The number of aliphatic carboxylic acids is 1. The number of carboxylic acid groups (broad SMARTS) is 1. The summed E-state index contributed by atoms with van der Waals surface area (Å²) in [5, 5.41) is 8.75. The van der Waals surface area contributed by atoms with Crippen LogP contribution < -0.4 is 0 Å². The first kappa shape index (κ1) is 12.7. The second-order valence-electron chi connectivity index (χ2n) is 3.61. The van der Waals surface area contributed by atoms with E-state index in [0.717, 1.165) is 11.5 Å². The summed E-state index contributed by atoms with van der Waals surface area (Å²) in [6.07, 6.45) is 0.